The van der Waals surface area contributed by atoms with Crippen LogP contribution in [0.15, 0.2) is 24.3 Å². The van der Waals surface area contributed by atoms with E-state index in [2.05, 4.69) is 16.0 Å². The molecule has 4 unspecified atom stereocenters. The number of carboxylic acid groups (broad SMARTS) is 2. The fourth-order valence-electron chi connectivity index (χ4n) is 3.60. The minimum Gasteiger partial charge on any atom is -0.508 e. The van der Waals surface area contributed by atoms with Gasteiger partial charge >= 0.3 is 11.9 Å². The lowest BCUT2D eigenvalue weighted by Crippen LogP contribution is -2.57. The van der Waals surface area contributed by atoms with Crippen molar-refractivity contribution in [3.8, 4) is 5.75 Å². The second-order valence-electron chi connectivity index (χ2n) is 9.57. The number of carbonyl (C=O) groups excluding carboxylic acids is 4. The number of aliphatic carboxylic acids is 2. The Morgan fingerprint density at radius 2 is 1.28 bits per heavy atom. The topological polar surface area (TPSA) is 251 Å². The summed E-state index contributed by atoms with van der Waals surface area (Å²) in [5, 5.41) is 35.1. The summed E-state index contributed by atoms with van der Waals surface area (Å²) in [5.74, 6) is -5.88. The fraction of sp³-hybridized carbons (Fsp3) is 0.520. The van der Waals surface area contributed by atoms with Crippen molar-refractivity contribution in [3.63, 3.8) is 0 Å². The third kappa shape index (κ3) is 12.7. The highest BCUT2D eigenvalue weighted by Crippen LogP contribution is 2.12. The molecule has 4 atom stereocenters. The van der Waals surface area contributed by atoms with Crippen LogP contribution in [-0.2, 0) is 35.2 Å². The minimum absolute atomic E-state index is 0.0291. The number of phenols is 1. The number of nitrogens with two attached hydrogens (primary N) is 2. The standard InChI is InChI=1S/C25H37N5O9/c1-13(2)11-16(26)22(35)28-18(8-10-21(33)34)23(36)29-17(7-9-20(27)32)24(37)30-19(25(38)39)12-14-3-5-15(31)6-4-14/h3-6,13,16-19,31H,7-12,26H2,1-2H3,(H2,27,32)(H,28,35)(H,29,36)(H,30,37)(H,33,34)(H,38,39). The molecular weight excluding hydrogens is 514 g/mol. The Hall–Kier alpha value is -4.20. The van der Waals surface area contributed by atoms with Crippen LogP contribution in [0.4, 0.5) is 0 Å². The molecular formula is C25H37N5O9. The first-order valence-electron chi connectivity index (χ1n) is 12.4. The van der Waals surface area contributed by atoms with Crippen molar-refractivity contribution in [2.75, 3.05) is 0 Å². The summed E-state index contributed by atoms with van der Waals surface area (Å²) >= 11 is 0. The highest BCUT2D eigenvalue weighted by molar-refractivity contribution is 5.94. The number of amides is 4. The molecule has 0 aromatic heterocycles. The number of nitrogens with one attached hydrogen (secondary N) is 3. The lowest BCUT2D eigenvalue weighted by atomic mass is 10.0. The van der Waals surface area contributed by atoms with Gasteiger partial charge in [-0.3, -0.25) is 24.0 Å². The fourth-order valence-corrected chi connectivity index (χ4v) is 3.60. The van der Waals surface area contributed by atoms with E-state index >= 15 is 0 Å². The molecule has 14 nitrogen and oxygen atoms in total. The molecule has 216 valence electrons. The van der Waals surface area contributed by atoms with Gasteiger partial charge in [0.05, 0.1) is 6.04 Å². The number of benzene rings is 1. The molecule has 0 radical (unpaired) electrons. The third-order valence-electron chi connectivity index (χ3n) is 5.65. The van der Waals surface area contributed by atoms with Crippen LogP contribution in [0, 0.1) is 5.92 Å². The largest absolute Gasteiger partial charge is 0.508 e. The molecule has 10 N–H and O–H groups in total. The maximum absolute atomic E-state index is 13.0. The molecule has 39 heavy (non-hydrogen) atoms. The van der Waals surface area contributed by atoms with Gasteiger partial charge in [-0.05, 0) is 42.9 Å². The predicted molar refractivity (Wildman–Crippen MR) is 138 cm³/mol. The Morgan fingerprint density at radius 1 is 0.795 bits per heavy atom. The van der Waals surface area contributed by atoms with Crippen molar-refractivity contribution < 1.29 is 44.1 Å². The summed E-state index contributed by atoms with van der Waals surface area (Å²) in [6.45, 7) is 3.69. The summed E-state index contributed by atoms with van der Waals surface area (Å²) in [6, 6.07) is 0.465. The summed E-state index contributed by atoms with van der Waals surface area (Å²) < 4.78 is 0. The van der Waals surface area contributed by atoms with Gasteiger partial charge in [0.2, 0.25) is 23.6 Å². The van der Waals surface area contributed by atoms with E-state index in [4.69, 9.17) is 16.6 Å². The molecule has 14 heteroatoms. The third-order valence-corrected chi connectivity index (χ3v) is 5.65. The first kappa shape index (κ1) is 32.8. The van der Waals surface area contributed by atoms with Gasteiger partial charge in [0.25, 0.3) is 0 Å². The van der Waals surface area contributed by atoms with Crippen LogP contribution in [0.3, 0.4) is 0 Å². The molecule has 0 spiro atoms. The summed E-state index contributed by atoms with van der Waals surface area (Å²) in [4.78, 5) is 72.8. The van der Waals surface area contributed by atoms with E-state index in [1.54, 1.807) is 0 Å². The van der Waals surface area contributed by atoms with Crippen molar-refractivity contribution in [1.82, 2.24) is 16.0 Å². The lowest BCUT2D eigenvalue weighted by Gasteiger charge is -2.25. The average Bonchev–Trinajstić information content (AvgIpc) is 2.83. The molecule has 0 fully saturated rings. The zero-order chi connectivity index (χ0) is 29.7. The van der Waals surface area contributed by atoms with Gasteiger partial charge in [-0.2, -0.15) is 0 Å². The molecule has 1 rings (SSSR count). The van der Waals surface area contributed by atoms with E-state index in [9.17, 15) is 39.0 Å². The van der Waals surface area contributed by atoms with E-state index in [0.29, 0.717) is 12.0 Å². The number of rotatable bonds is 17. The number of aromatic hydroxyl groups is 1. The van der Waals surface area contributed by atoms with E-state index in [0.717, 1.165) is 0 Å². The Labute approximate surface area is 225 Å². The number of phenolic OH excluding ortho intramolecular Hbond substituents is 1. The van der Waals surface area contributed by atoms with Crippen LogP contribution in [0.25, 0.3) is 0 Å². The van der Waals surface area contributed by atoms with Gasteiger partial charge < -0.3 is 42.7 Å². The van der Waals surface area contributed by atoms with Crippen molar-refractivity contribution in [2.24, 2.45) is 17.4 Å². The monoisotopic (exact) mass is 551 g/mol. The SMILES string of the molecule is CC(C)CC(N)C(=O)NC(CCC(=O)O)C(=O)NC(CCC(N)=O)C(=O)NC(Cc1ccc(O)cc1)C(=O)O. The maximum Gasteiger partial charge on any atom is 0.326 e. The molecule has 4 amide bonds. The first-order chi connectivity index (χ1) is 18.2. The van der Waals surface area contributed by atoms with Gasteiger partial charge in [0.15, 0.2) is 0 Å². The number of hydrogen-bond acceptors (Lipinski definition) is 8. The smallest absolute Gasteiger partial charge is 0.326 e. The van der Waals surface area contributed by atoms with Crippen LogP contribution in [0.1, 0.15) is 51.5 Å². The van der Waals surface area contributed by atoms with Crippen molar-refractivity contribution in [3.05, 3.63) is 29.8 Å². The highest BCUT2D eigenvalue weighted by Gasteiger charge is 2.31. The molecule has 0 aliphatic rings. The van der Waals surface area contributed by atoms with E-state index < -0.39 is 66.2 Å². The van der Waals surface area contributed by atoms with Crippen molar-refractivity contribution >= 4 is 35.6 Å². The molecule has 0 aliphatic carbocycles. The van der Waals surface area contributed by atoms with Gasteiger partial charge in [0, 0.05) is 19.3 Å². The van der Waals surface area contributed by atoms with Crippen LogP contribution >= 0.6 is 0 Å². The van der Waals surface area contributed by atoms with Crippen LogP contribution in [0.5, 0.6) is 5.75 Å². The Balaban J connectivity index is 3.08. The summed E-state index contributed by atoms with van der Waals surface area (Å²) in [5.41, 5.74) is 11.5. The molecule has 0 saturated heterocycles. The molecule has 1 aromatic rings. The second kappa shape index (κ2) is 15.9. The van der Waals surface area contributed by atoms with E-state index in [1.165, 1.54) is 24.3 Å². The minimum atomic E-state index is -1.43. The molecule has 0 saturated carbocycles. The van der Waals surface area contributed by atoms with Crippen molar-refractivity contribution in [2.45, 2.75) is 76.5 Å². The number of primary amides is 1. The molecule has 0 aliphatic heterocycles. The maximum atomic E-state index is 13.0. The first-order valence-corrected chi connectivity index (χ1v) is 12.4. The Morgan fingerprint density at radius 3 is 1.74 bits per heavy atom. The average molecular weight is 552 g/mol. The van der Waals surface area contributed by atoms with E-state index in [1.807, 2.05) is 13.8 Å². The molecule has 0 bridgehead atoms. The van der Waals surface area contributed by atoms with Crippen molar-refractivity contribution in [1.29, 1.82) is 0 Å². The lowest BCUT2D eigenvalue weighted by molar-refractivity contribution is -0.142. The normalized spacial score (nSPS) is 13.9. The van der Waals surface area contributed by atoms with Gasteiger partial charge in [0.1, 0.15) is 23.9 Å². The quantitative estimate of drug-likeness (QED) is 0.117. The zero-order valence-electron chi connectivity index (χ0n) is 21.9. The molecule has 1 aromatic carbocycles. The summed E-state index contributed by atoms with van der Waals surface area (Å²) in [7, 11) is 0. The molecule has 0 heterocycles. The summed E-state index contributed by atoms with van der Waals surface area (Å²) in [6.07, 6.45) is -1.26. The Bertz CT molecular complexity index is 1030. The zero-order valence-corrected chi connectivity index (χ0v) is 21.9. The number of carboxylic acids is 2. The predicted octanol–water partition coefficient (Wildman–Crippen LogP) is -1.02. The number of carbonyl (C=O) groups is 6. The second-order valence-corrected chi connectivity index (χ2v) is 9.57. The Kier molecular flexibility index (Phi) is 13.4. The number of hydrogen-bond donors (Lipinski definition) is 8. The van der Waals surface area contributed by atoms with Crippen LogP contribution in [-0.4, -0.2) is 75.1 Å². The van der Waals surface area contributed by atoms with Crippen LogP contribution in [0.2, 0.25) is 0 Å². The van der Waals surface area contributed by atoms with Crippen LogP contribution < -0.4 is 27.4 Å². The van der Waals surface area contributed by atoms with E-state index in [-0.39, 0.29) is 37.4 Å². The van der Waals surface area contributed by atoms with Gasteiger partial charge in [-0.15, -0.1) is 0 Å². The van der Waals surface area contributed by atoms with Gasteiger partial charge in [-0.25, -0.2) is 4.79 Å². The van der Waals surface area contributed by atoms with Gasteiger partial charge in [-0.1, -0.05) is 26.0 Å². The highest BCUT2D eigenvalue weighted by atomic mass is 16.4.